The molecule has 29 heavy (non-hydrogen) atoms. The summed E-state index contributed by atoms with van der Waals surface area (Å²) in [6.45, 7) is 11.4. The minimum absolute atomic E-state index is 0.567. The average molecular weight is 393 g/mol. The third-order valence-corrected chi connectivity index (χ3v) is 7.38. The fraction of sp³-hybridized carbons (Fsp3) is 0.542. The number of rotatable bonds is 6. The van der Waals surface area contributed by atoms with Gasteiger partial charge in [-0.25, -0.2) is 0 Å². The quantitative estimate of drug-likeness (QED) is 0.705. The molecule has 154 valence electrons. The second kappa shape index (κ2) is 7.62. The van der Waals surface area contributed by atoms with E-state index in [-0.39, 0.29) is 0 Å². The number of nitrogens with zero attached hydrogens (tertiary/aromatic N) is 4. The topological polar surface area (TPSA) is 33.5 Å². The molecule has 5 nitrogen and oxygen atoms in total. The lowest BCUT2D eigenvalue weighted by Gasteiger charge is -2.51. The van der Waals surface area contributed by atoms with Crippen molar-refractivity contribution in [2.75, 3.05) is 26.7 Å². The van der Waals surface area contributed by atoms with Crippen LogP contribution in [0, 0.1) is 12.8 Å². The monoisotopic (exact) mass is 392 g/mol. The van der Waals surface area contributed by atoms with Gasteiger partial charge in [-0.3, -0.25) is 14.5 Å². The second-order valence-corrected chi connectivity index (χ2v) is 8.91. The predicted octanol–water partition coefficient (Wildman–Crippen LogP) is 3.45. The maximum Gasteiger partial charge on any atom is 0.118 e. The lowest BCUT2D eigenvalue weighted by molar-refractivity contribution is -0.00873. The molecule has 5 heterocycles. The summed E-state index contributed by atoms with van der Waals surface area (Å²) in [5.41, 5.74) is 3.96. The van der Waals surface area contributed by atoms with Crippen LogP contribution in [0.4, 0.5) is 0 Å². The number of hydrogen-bond donors (Lipinski definition) is 0. The summed E-state index contributed by atoms with van der Waals surface area (Å²) in [5, 5.41) is 4.69. The molecule has 6 rings (SSSR count). The van der Waals surface area contributed by atoms with Crippen molar-refractivity contribution >= 4 is 0 Å². The maximum atomic E-state index is 5.39. The zero-order valence-electron chi connectivity index (χ0n) is 17.6. The van der Waals surface area contributed by atoms with E-state index in [1.165, 1.54) is 37.1 Å². The fourth-order valence-electron chi connectivity index (χ4n) is 6.03. The standard InChI is InChI=1S/C24H32N4O/c1-4-11-28-15-20(17(2)25-28)14-27-16-22(18-5-7-21(29-3)8-6-18)24-23(27)19-9-12-26(24)13-10-19/h4-8,15,19,22-24H,1,9-14,16H2,2-3H3/t22-,23+,24+/m1/s1. The van der Waals surface area contributed by atoms with Crippen molar-refractivity contribution in [2.24, 2.45) is 5.92 Å². The molecule has 4 aliphatic rings. The second-order valence-electron chi connectivity index (χ2n) is 8.91. The van der Waals surface area contributed by atoms with Gasteiger partial charge in [0.05, 0.1) is 19.3 Å². The average Bonchev–Trinajstić information content (AvgIpc) is 3.31. The molecule has 1 aromatic heterocycles. The van der Waals surface area contributed by atoms with Gasteiger partial charge in [0.1, 0.15) is 5.75 Å². The van der Waals surface area contributed by atoms with Crippen LogP contribution in [0.5, 0.6) is 5.75 Å². The van der Waals surface area contributed by atoms with Gasteiger partial charge in [-0.1, -0.05) is 18.2 Å². The molecular formula is C24H32N4O. The van der Waals surface area contributed by atoms with Crippen LogP contribution in [0.3, 0.4) is 0 Å². The van der Waals surface area contributed by atoms with Crippen LogP contribution in [-0.2, 0) is 13.1 Å². The largest absolute Gasteiger partial charge is 0.497 e. The number of aromatic nitrogens is 2. The SMILES string of the molecule is C=CCn1cc(CN2C[C@H](c3ccc(OC)cc3)[C@H]3[C@@H]2C2CCN3CC2)c(C)n1. The lowest BCUT2D eigenvalue weighted by Crippen LogP contribution is -2.59. The van der Waals surface area contributed by atoms with Crippen LogP contribution < -0.4 is 4.74 Å². The van der Waals surface area contributed by atoms with Crippen molar-refractivity contribution in [3.05, 3.63) is 59.9 Å². The molecule has 3 atom stereocenters. The molecule has 0 saturated carbocycles. The van der Waals surface area contributed by atoms with E-state index in [0.29, 0.717) is 18.0 Å². The van der Waals surface area contributed by atoms with Crippen molar-refractivity contribution in [1.29, 1.82) is 0 Å². The van der Waals surface area contributed by atoms with E-state index in [0.717, 1.165) is 37.0 Å². The normalized spacial score (nSPS) is 31.0. The molecule has 0 radical (unpaired) electrons. The molecule has 4 fully saturated rings. The predicted molar refractivity (Wildman–Crippen MR) is 115 cm³/mol. The molecule has 0 unspecified atom stereocenters. The first-order valence-electron chi connectivity index (χ1n) is 10.9. The van der Waals surface area contributed by atoms with E-state index < -0.39 is 0 Å². The van der Waals surface area contributed by atoms with Gasteiger partial charge in [0.2, 0.25) is 0 Å². The van der Waals surface area contributed by atoms with E-state index in [2.05, 4.69) is 58.9 Å². The Bertz CT molecular complexity index is 866. The number of ether oxygens (including phenoxy) is 1. The van der Waals surface area contributed by atoms with E-state index in [9.17, 15) is 0 Å². The number of methoxy groups -OCH3 is 1. The number of likely N-dealkylation sites (tertiary alicyclic amines) is 1. The zero-order valence-corrected chi connectivity index (χ0v) is 17.6. The van der Waals surface area contributed by atoms with Crippen molar-refractivity contribution in [3.8, 4) is 5.75 Å². The third kappa shape index (κ3) is 3.30. The summed E-state index contributed by atoms with van der Waals surface area (Å²) in [7, 11) is 1.74. The molecule has 5 heteroatoms. The van der Waals surface area contributed by atoms with E-state index >= 15 is 0 Å². The molecule has 0 aliphatic carbocycles. The van der Waals surface area contributed by atoms with Crippen molar-refractivity contribution in [2.45, 2.75) is 50.9 Å². The molecule has 4 saturated heterocycles. The highest BCUT2D eigenvalue weighted by molar-refractivity contribution is 5.33. The van der Waals surface area contributed by atoms with Gasteiger partial charge in [-0.15, -0.1) is 6.58 Å². The Hall–Kier alpha value is -2.11. The Morgan fingerprint density at radius 2 is 1.93 bits per heavy atom. The highest BCUT2D eigenvalue weighted by Crippen LogP contribution is 2.47. The van der Waals surface area contributed by atoms with Crippen LogP contribution in [0.15, 0.2) is 43.1 Å². The Labute approximate surface area is 173 Å². The first kappa shape index (κ1) is 18.9. The number of aryl methyl sites for hydroxylation is 1. The van der Waals surface area contributed by atoms with Crippen LogP contribution in [0.2, 0.25) is 0 Å². The molecule has 2 aromatic rings. The van der Waals surface area contributed by atoms with Gasteiger partial charge in [0.15, 0.2) is 0 Å². The number of fused-ring (bicyclic) bond motifs is 2. The highest BCUT2D eigenvalue weighted by Gasteiger charge is 2.53. The zero-order chi connectivity index (χ0) is 20.0. The first-order chi connectivity index (χ1) is 14.2. The molecular weight excluding hydrogens is 360 g/mol. The molecule has 1 aromatic carbocycles. The van der Waals surface area contributed by atoms with Crippen LogP contribution >= 0.6 is 0 Å². The smallest absolute Gasteiger partial charge is 0.118 e. The Balaban J connectivity index is 1.44. The summed E-state index contributed by atoms with van der Waals surface area (Å²) in [5.74, 6) is 2.34. The van der Waals surface area contributed by atoms with Gasteiger partial charge in [0.25, 0.3) is 0 Å². The van der Waals surface area contributed by atoms with Crippen molar-refractivity contribution in [1.82, 2.24) is 19.6 Å². The van der Waals surface area contributed by atoms with Crippen molar-refractivity contribution < 1.29 is 4.74 Å². The summed E-state index contributed by atoms with van der Waals surface area (Å²) in [6.07, 6.45) is 6.83. The van der Waals surface area contributed by atoms with Gasteiger partial charge in [0, 0.05) is 42.9 Å². The first-order valence-corrected chi connectivity index (χ1v) is 10.9. The Kier molecular flexibility index (Phi) is 4.96. The highest BCUT2D eigenvalue weighted by atomic mass is 16.5. The maximum absolute atomic E-state index is 5.39. The summed E-state index contributed by atoms with van der Waals surface area (Å²) in [4.78, 5) is 5.53. The summed E-state index contributed by atoms with van der Waals surface area (Å²) < 4.78 is 7.40. The van der Waals surface area contributed by atoms with Gasteiger partial charge < -0.3 is 4.74 Å². The van der Waals surface area contributed by atoms with Crippen LogP contribution in [-0.4, -0.2) is 58.4 Å². The fourth-order valence-corrected chi connectivity index (χ4v) is 6.03. The number of allylic oxidation sites excluding steroid dienone is 1. The van der Waals surface area contributed by atoms with Crippen molar-refractivity contribution in [3.63, 3.8) is 0 Å². The lowest BCUT2D eigenvalue weighted by atomic mass is 9.75. The Morgan fingerprint density at radius 1 is 1.17 bits per heavy atom. The third-order valence-electron chi connectivity index (χ3n) is 7.38. The van der Waals surface area contributed by atoms with Crippen LogP contribution in [0.25, 0.3) is 0 Å². The minimum Gasteiger partial charge on any atom is -0.497 e. The summed E-state index contributed by atoms with van der Waals surface area (Å²) in [6, 6.07) is 10.1. The van der Waals surface area contributed by atoms with E-state index in [1.807, 2.05) is 10.8 Å². The molecule has 4 aliphatic heterocycles. The molecule has 0 amide bonds. The number of hydrogen-bond acceptors (Lipinski definition) is 4. The summed E-state index contributed by atoms with van der Waals surface area (Å²) >= 11 is 0. The molecule has 2 bridgehead atoms. The number of benzene rings is 1. The molecule has 0 spiro atoms. The number of piperidine rings is 3. The van der Waals surface area contributed by atoms with Gasteiger partial charge in [-0.2, -0.15) is 5.10 Å². The van der Waals surface area contributed by atoms with Crippen LogP contribution in [0.1, 0.15) is 35.6 Å². The van der Waals surface area contributed by atoms with Gasteiger partial charge in [-0.05, 0) is 56.5 Å². The Morgan fingerprint density at radius 3 is 2.62 bits per heavy atom. The molecule has 0 N–H and O–H groups in total. The van der Waals surface area contributed by atoms with E-state index in [4.69, 9.17) is 4.74 Å². The minimum atomic E-state index is 0.567. The van der Waals surface area contributed by atoms with Gasteiger partial charge >= 0.3 is 0 Å². The van der Waals surface area contributed by atoms with E-state index in [1.54, 1.807) is 7.11 Å².